The molecule has 0 N–H and O–H groups in total. The molecule has 4 heteroatoms. The second kappa shape index (κ2) is 11.9. The Morgan fingerprint density at radius 2 is 1.23 bits per heavy atom. The van der Waals surface area contributed by atoms with E-state index in [1.807, 2.05) is 102 Å². The molecule has 0 aromatic heterocycles. The smallest absolute Gasteiger partial charge is 0.254 e. The quantitative estimate of drug-likeness (QED) is 0.214. The van der Waals surface area contributed by atoms with Crippen molar-refractivity contribution in [2.24, 2.45) is 4.99 Å². The number of anilines is 1. The Labute approximate surface area is 235 Å². The van der Waals surface area contributed by atoms with Gasteiger partial charge in [-0.1, -0.05) is 127 Å². The standard InChI is InChI=1S/C36H30N2O2/c39-36-33(26-40-25-27-13-4-1-5-14-27)37-35(30-18-8-3-9-19-30)32-21-10-11-22-34(32)38(36)24-28-15-12-20-31(23-28)29-16-6-2-7-17-29/h1-23,33H,24-26H2/t33-/m0/s1. The molecule has 1 heterocycles. The zero-order valence-corrected chi connectivity index (χ0v) is 22.2. The van der Waals surface area contributed by atoms with Gasteiger partial charge in [0, 0.05) is 11.1 Å². The number of benzene rings is 5. The van der Waals surface area contributed by atoms with Gasteiger partial charge in [-0.3, -0.25) is 9.79 Å². The van der Waals surface area contributed by atoms with E-state index in [0.717, 1.165) is 44.8 Å². The molecule has 4 nitrogen and oxygen atoms in total. The van der Waals surface area contributed by atoms with Crippen LogP contribution >= 0.6 is 0 Å². The van der Waals surface area contributed by atoms with E-state index in [1.165, 1.54) is 0 Å². The molecule has 0 saturated heterocycles. The van der Waals surface area contributed by atoms with E-state index < -0.39 is 6.04 Å². The first kappa shape index (κ1) is 25.5. The van der Waals surface area contributed by atoms with E-state index in [4.69, 9.17) is 9.73 Å². The summed E-state index contributed by atoms with van der Waals surface area (Å²) in [7, 11) is 0. The number of amides is 1. The van der Waals surface area contributed by atoms with Crippen molar-refractivity contribution in [1.82, 2.24) is 0 Å². The number of aliphatic imine (C=N–C) groups is 1. The van der Waals surface area contributed by atoms with Crippen molar-refractivity contribution < 1.29 is 9.53 Å². The lowest BCUT2D eigenvalue weighted by atomic mass is 9.99. The first-order chi connectivity index (χ1) is 19.8. The van der Waals surface area contributed by atoms with Crippen molar-refractivity contribution >= 4 is 17.3 Å². The number of carbonyl (C=O) groups is 1. The summed E-state index contributed by atoms with van der Waals surface area (Å²) in [4.78, 5) is 21.2. The van der Waals surface area contributed by atoms with Crippen molar-refractivity contribution in [3.8, 4) is 11.1 Å². The van der Waals surface area contributed by atoms with Gasteiger partial charge in [-0.2, -0.15) is 0 Å². The lowest BCUT2D eigenvalue weighted by Crippen LogP contribution is -2.39. The van der Waals surface area contributed by atoms with Crippen molar-refractivity contribution in [2.45, 2.75) is 19.2 Å². The Morgan fingerprint density at radius 1 is 0.625 bits per heavy atom. The maximum absolute atomic E-state index is 14.2. The summed E-state index contributed by atoms with van der Waals surface area (Å²) in [6, 6.07) is 46.2. The first-order valence-electron chi connectivity index (χ1n) is 13.6. The summed E-state index contributed by atoms with van der Waals surface area (Å²) in [5.74, 6) is -0.0726. The third kappa shape index (κ3) is 5.63. The summed E-state index contributed by atoms with van der Waals surface area (Å²) in [5.41, 5.74) is 7.96. The van der Waals surface area contributed by atoms with Crippen molar-refractivity contribution in [1.29, 1.82) is 0 Å². The predicted molar refractivity (Wildman–Crippen MR) is 161 cm³/mol. The molecular weight excluding hydrogens is 492 g/mol. The number of nitrogens with zero attached hydrogens (tertiary/aromatic N) is 2. The minimum atomic E-state index is -0.677. The van der Waals surface area contributed by atoms with Gasteiger partial charge in [0.25, 0.3) is 5.91 Å². The third-order valence-corrected chi connectivity index (χ3v) is 7.10. The third-order valence-electron chi connectivity index (χ3n) is 7.10. The highest BCUT2D eigenvalue weighted by Crippen LogP contribution is 2.31. The molecule has 0 spiro atoms. The number of hydrogen-bond acceptors (Lipinski definition) is 3. The number of rotatable bonds is 8. The molecule has 0 unspecified atom stereocenters. The van der Waals surface area contributed by atoms with Crippen LogP contribution in [0.3, 0.4) is 0 Å². The van der Waals surface area contributed by atoms with E-state index >= 15 is 0 Å². The molecule has 5 aromatic rings. The zero-order valence-electron chi connectivity index (χ0n) is 22.2. The fourth-order valence-electron chi connectivity index (χ4n) is 5.11. The second-order valence-electron chi connectivity index (χ2n) is 9.87. The number of fused-ring (bicyclic) bond motifs is 1. The molecular formula is C36H30N2O2. The summed E-state index contributed by atoms with van der Waals surface area (Å²) in [5, 5.41) is 0. The summed E-state index contributed by atoms with van der Waals surface area (Å²) < 4.78 is 6.09. The molecule has 1 aliphatic heterocycles. The van der Waals surface area contributed by atoms with Crippen LogP contribution in [0.1, 0.15) is 22.3 Å². The highest BCUT2D eigenvalue weighted by Gasteiger charge is 2.32. The van der Waals surface area contributed by atoms with Crippen LogP contribution in [0.4, 0.5) is 5.69 Å². The van der Waals surface area contributed by atoms with Gasteiger partial charge in [0.2, 0.25) is 0 Å². The molecule has 40 heavy (non-hydrogen) atoms. The lowest BCUT2D eigenvalue weighted by molar-refractivity contribution is -0.121. The van der Waals surface area contributed by atoms with Crippen LogP contribution in [0, 0.1) is 0 Å². The highest BCUT2D eigenvalue weighted by molar-refractivity contribution is 6.20. The maximum Gasteiger partial charge on any atom is 0.254 e. The van der Waals surface area contributed by atoms with Crippen molar-refractivity contribution in [2.75, 3.05) is 11.5 Å². The van der Waals surface area contributed by atoms with E-state index in [-0.39, 0.29) is 12.5 Å². The fraction of sp³-hybridized carbons (Fsp3) is 0.111. The fourth-order valence-corrected chi connectivity index (χ4v) is 5.11. The van der Waals surface area contributed by atoms with Gasteiger partial charge in [-0.15, -0.1) is 0 Å². The molecule has 0 radical (unpaired) electrons. The van der Waals surface area contributed by atoms with Crippen LogP contribution in [0.2, 0.25) is 0 Å². The second-order valence-corrected chi connectivity index (χ2v) is 9.87. The van der Waals surface area contributed by atoms with Crippen LogP contribution in [0.25, 0.3) is 11.1 Å². The van der Waals surface area contributed by atoms with Crippen molar-refractivity contribution in [3.63, 3.8) is 0 Å². The van der Waals surface area contributed by atoms with Crippen LogP contribution in [-0.4, -0.2) is 24.3 Å². The number of carbonyl (C=O) groups excluding carboxylic acids is 1. The Bertz CT molecular complexity index is 1620. The summed E-state index contributed by atoms with van der Waals surface area (Å²) in [6.45, 7) is 1.05. The first-order valence-corrected chi connectivity index (χ1v) is 13.6. The van der Waals surface area contributed by atoms with Crippen LogP contribution in [0.5, 0.6) is 0 Å². The maximum atomic E-state index is 14.2. The minimum Gasteiger partial charge on any atom is -0.374 e. The minimum absolute atomic E-state index is 0.0726. The number of para-hydroxylation sites is 1. The number of benzodiazepines with no additional fused rings is 1. The summed E-state index contributed by atoms with van der Waals surface area (Å²) >= 11 is 0. The van der Waals surface area contributed by atoms with E-state index in [2.05, 4.69) is 42.5 Å². The van der Waals surface area contributed by atoms with Gasteiger partial charge in [-0.05, 0) is 34.4 Å². The SMILES string of the molecule is O=C1[C@H](COCc2ccccc2)N=C(c2ccccc2)c2ccccc2N1Cc1cccc(-c2ccccc2)c1. The molecule has 0 fully saturated rings. The summed E-state index contributed by atoms with van der Waals surface area (Å²) in [6.07, 6.45) is 0. The van der Waals surface area contributed by atoms with Gasteiger partial charge in [-0.25, -0.2) is 0 Å². The number of hydrogen-bond donors (Lipinski definition) is 0. The Balaban J connectivity index is 1.36. The van der Waals surface area contributed by atoms with Gasteiger partial charge in [0.15, 0.2) is 6.04 Å². The molecule has 6 rings (SSSR count). The van der Waals surface area contributed by atoms with Crippen molar-refractivity contribution in [3.05, 3.63) is 162 Å². The lowest BCUT2D eigenvalue weighted by Gasteiger charge is -2.25. The molecule has 5 aromatic carbocycles. The largest absolute Gasteiger partial charge is 0.374 e. The molecule has 196 valence electrons. The molecule has 0 saturated carbocycles. The molecule has 0 aliphatic carbocycles. The van der Waals surface area contributed by atoms with E-state index in [1.54, 1.807) is 0 Å². The predicted octanol–water partition coefficient (Wildman–Crippen LogP) is 7.32. The van der Waals surface area contributed by atoms with E-state index in [0.29, 0.717) is 13.2 Å². The topological polar surface area (TPSA) is 41.9 Å². The molecule has 1 aliphatic rings. The average molecular weight is 523 g/mol. The van der Waals surface area contributed by atoms with Gasteiger partial charge >= 0.3 is 0 Å². The van der Waals surface area contributed by atoms with Gasteiger partial charge in [0.1, 0.15) is 0 Å². The van der Waals surface area contributed by atoms with E-state index in [9.17, 15) is 4.79 Å². The monoisotopic (exact) mass is 522 g/mol. The average Bonchev–Trinajstić information content (AvgIpc) is 3.13. The Kier molecular flexibility index (Phi) is 7.60. The van der Waals surface area contributed by atoms with Crippen LogP contribution < -0.4 is 4.90 Å². The Hall–Kier alpha value is -4.80. The molecule has 1 amide bonds. The Morgan fingerprint density at radius 3 is 1.98 bits per heavy atom. The highest BCUT2D eigenvalue weighted by atomic mass is 16.5. The van der Waals surface area contributed by atoms with Gasteiger partial charge < -0.3 is 9.64 Å². The van der Waals surface area contributed by atoms with Crippen LogP contribution in [-0.2, 0) is 22.7 Å². The van der Waals surface area contributed by atoms with Gasteiger partial charge in [0.05, 0.1) is 31.2 Å². The number of ether oxygens (including phenoxy) is 1. The normalized spacial score (nSPS) is 14.8. The zero-order chi connectivity index (χ0) is 27.1. The van der Waals surface area contributed by atoms with Crippen LogP contribution in [0.15, 0.2) is 145 Å². The molecule has 0 bridgehead atoms. The molecule has 1 atom stereocenters.